The number of carboxylic acids is 2. The largest absolute Gasteiger partial charge is 0.481 e. The predicted octanol–water partition coefficient (Wildman–Crippen LogP) is 3.45. The Kier molecular flexibility index (Phi) is 10.9. The summed E-state index contributed by atoms with van der Waals surface area (Å²) in [5.41, 5.74) is 3.41. The molecule has 140 valence electrons. The van der Waals surface area contributed by atoms with Crippen molar-refractivity contribution in [2.75, 3.05) is 0 Å². The highest BCUT2D eigenvalue weighted by Gasteiger charge is 2.22. The Balaban J connectivity index is 4.42. The number of hydrogen-bond acceptors (Lipinski definition) is 3. The van der Waals surface area contributed by atoms with E-state index in [9.17, 15) is 14.4 Å². The van der Waals surface area contributed by atoms with E-state index in [-0.39, 0.29) is 0 Å². The highest BCUT2D eigenvalue weighted by Crippen LogP contribution is 2.11. The molecule has 0 aliphatic carbocycles. The SMILES string of the molecule is CC(C)=CCCC(C)=CCCC(C)=CC(=O)N[C@@H](CC(=O)O)C(=O)O. The fourth-order valence-corrected chi connectivity index (χ4v) is 2.12. The number of carbonyl (C=O) groups excluding carboxylic acids is 1. The molecule has 0 aromatic heterocycles. The topological polar surface area (TPSA) is 104 Å². The van der Waals surface area contributed by atoms with Gasteiger partial charge in [-0.2, -0.15) is 0 Å². The molecule has 3 N–H and O–H groups in total. The van der Waals surface area contributed by atoms with Gasteiger partial charge in [-0.1, -0.05) is 28.9 Å². The van der Waals surface area contributed by atoms with E-state index in [1.54, 1.807) is 6.92 Å². The lowest BCUT2D eigenvalue weighted by Gasteiger charge is -2.11. The highest BCUT2D eigenvalue weighted by molar-refractivity contribution is 5.92. The molecule has 0 saturated heterocycles. The molecule has 0 aliphatic heterocycles. The van der Waals surface area contributed by atoms with E-state index in [1.807, 2.05) is 0 Å². The molecule has 1 atom stereocenters. The summed E-state index contributed by atoms with van der Waals surface area (Å²) < 4.78 is 0. The van der Waals surface area contributed by atoms with E-state index in [0.717, 1.165) is 24.8 Å². The third-order valence-corrected chi connectivity index (χ3v) is 3.49. The molecule has 0 radical (unpaired) electrons. The molecule has 0 unspecified atom stereocenters. The zero-order valence-corrected chi connectivity index (χ0v) is 15.5. The molecule has 0 spiro atoms. The van der Waals surface area contributed by atoms with E-state index >= 15 is 0 Å². The minimum Gasteiger partial charge on any atom is -0.481 e. The van der Waals surface area contributed by atoms with Crippen molar-refractivity contribution in [2.45, 2.75) is 65.8 Å². The summed E-state index contributed by atoms with van der Waals surface area (Å²) in [6.07, 6.45) is 8.51. The Labute approximate surface area is 149 Å². The fourth-order valence-electron chi connectivity index (χ4n) is 2.12. The first-order chi connectivity index (χ1) is 11.6. The third kappa shape index (κ3) is 12.7. The second-order valence-electron chi connectivity index (χ2n) is 6.40. The van der Waals surface area contributed by atoms with E-state index in [1.165, 1.54) is 17.2 Å². The summed E-state index contributed by atoms with van der Waals surface area (Å²) in [6.45, 7) is 8.01. The van der Waals surface area contributed by atoms with E-state index in [2.05, 4.69) is 38.2 Å². The lowest BCUT2D eigenvalue weighted by Crippen LogP contribution is -2.41. The van der Waals surface area contributed by atoms with Gasteiger partial charge in [0.2, 0.25) is 5.91 Å². The van der Waals surface area contributed by atoms with Crippen LogP contribution >= 0.6 is 0 Å². The first-order valence-electron chi connectivity index (χ1n) is 8.33. The summed E-state index contributed by atoms with van der Waals surface area (Å²) in [7, 11) is 0. The summed E-state index contributed by atoms with van der Waals surface area (Å²) in [4.78, 5) is 33.3. The summed E-state index contributed by atoms with van der Waals surface area (Å²) >= 11 is 0. The van der Waals surface area contributed by atoms with Gasteiger partial charge in [0.1, 0.15) is 6.04 Å². The van der Waals surface area contributed by atoms with Gasteiger partial charge in [0.25, 0.3) is 0 Å². The molecule has 6 heteroatoms. The van der Waals surface area contributed by atoms with Gasteiger partial charge >= 0.3 is 11.9 Å². The first kappa shape index (κ1) is 22.6. The lowest BCUT2D eigenvalue weighted by molar-refractivity contribution is -0.146. The molecule has 0 aromatic rings. The van der Waals surface area contributed by atoms with Gasteiger partial charge in [-0.15, -0.1) is 0 Å². The number of amides is 1. The van der Waals surface area contributed by atoms with Crippen molar-refractivity contribution < 1.29 is 24.6 Å². The number of carboxylic acid groups (broad SMARTS) is 2. The number of aliphatic carboxylic acids is 2. The molecule has 0 bridgehead atoms. The van der Waals surface area contributed by atoms with Gasteiger partial charge in [-0.25, -0.2) is 4.79 Å². The molecule has 6 nitrogen and oxygen atoms in total. The van der Waals surface area contributed by atoms with Gasteiger partial charge in [-0.05, 0) is 53.4 Å². The van der Waals surface area contributed by atoms with Crippen LogP contribution in [-0.2, 0) is 14.4 Å². The van der Waals surface area contributed by atoms with Crippen molar-refractivity contribution in [2.24, 2.45) is 0 Å². The Morgan fingerprint density at radius 2 is 1.48 bits per heavy atom. The Morgan fingerprint density at radius 3 is 2.00 bits per heavy atom. The minimum atomic E-state index is -1.42. The molecule has 0 heterocycles. The standard InChI is InChI=1S/C19H29NO5/c1-13(2)7-5-8-14(3)9-6-10-15(4)11-17(21)20-16(19(24)25)12-18(22)23/h7,9,11,16H,5-6,8,10,12H2,1-4H3,(H,20,21)(H,22,23)(H,24,25)/t16-/m0/s1. The van der Waals surface area contributed by atoms with Crippen molar-refractivity contribution in [3.8, 4) is 0 Å². The van der Waals surface area contributed by atoms with Gasteiger partial charge in [0, 0.05) is 6.08 Å². The smallest absolute Gasteiger partial charge is 0.326 e. The van der Waals surface area contributed by atoms with E-state index in [0.29, 0.717) is 6.42 Å². The second kappa shape index (κ2) is 12.1. The van der Waals surface area contributed by atoms with Gasteiger partial charge in [0.05, 0.1) is 6.42 Å². The maximum atomic E-state index is 11.8. The monoisotopic (exact) mass is 351 g/mol. The van der Waals surface area contributed by atoms with Crippen molar-refractivity contribution in [3.63, 3.8) is 0 Å². The normalized spacial score (nSPS) is 13.1. The van der Waals surface area contributed by atoms with Crippen molar-refractivity contribution in [3.05, 3.63) is 34.9 Å². The Hall–Kier alpha value is -2.37. The van der Waals surface area contributed by atoms with Crippen LogP contribution in [0.15, 0.2) is 34.9 Å². The van der Waals surface area contributed by atoms with E-state index < -0.39 is 30.3 Å². The number of hydrogen-bond donors (Lipinski definition) is 3. The van der Waals surface area contributed by atoms with Crippen LogP contribution < -0.4 is 5.32 Å². The van der Waals surface area contributed by atoms with Crippen molar-refractivity contribution in [1.29, 1.82) is 0 Å². The maximum Gasteiger partial charge on any atom is 0.326 e. The lowest BCUT2D eigenvalue weighted by atomic mass is 10.1. The number of nitrogens with one attached hydrogen (secondary N) is 1. The number of rotatable bonds is 11. The van der Waals surface area contributed by atoms with Crippen LogP contribution in [0.2, 0.25) is 0 Å². The van der Waals surface area contributed by atoms with Crippen LogP contribution in [-0.4, -0.2) is 34.1 Å². The zero-order chi connectivity index (χ0) is 19.4. The van der Waals surface area contributed by atoms with Crippen LogP contribution in [0, 0.1) is 0 Å². The quantitative estimate of drug-likeness (QED) is 0.391. The molecule has 0 saturated carbocycles. The van der Waals surface area contributed by atoms with Crippen LogP contribution in [0.25, 0.3) is 0 Å². The number of carbonyl (C=O) groups is 3. The average molecular weight is 351 g/mol. The fraction of sp³-hybridized carbons (Fsp3) is 0.526. The third-order valence-electron chi connectivity index (χ3n) is 3.49. The van der Waals surface area contributed by atoms with Crippen LogP contribution in [0.1, 0.15) is 59.8 Å². The van der Waals surface area contributed by atoms with Gasteiger partial charge in [-0.3, -0.25) is 9.59 Å². The number of allylic oxidation sites excluding steroid dienone is 5. The summed E-state index contributed by atoms with van der Waals surface area (Å²) in [5.74, 6) is -3.23. The average Bonchev–Trinajstić information content (AvgIpc) is 2.45. The van der Waals surface area contributed by atoms with Crippen LogP contribution in [0.3, 0.4) is 0 Å². The molecular formula is C19H29NO5. The molecule has 25 heavy (non-hydrogen) atoms. The predicted molar refractivity (Wildman–Crippen MR) is 97.2 cm³/mol. The zero-order valence-electron chi connectivity index (χ0n) is 15.5. The minimum absolute atomic E-state index is 0.588. The van der Waals surface area contributed by atoms with Gasteiger partial charge in [0.15, 0.2) is 0 Å². The second-order valence-corrected chi connectivity index (χ2v) is 6.40. The van der Waals surface area contributed by atoms with E-state index in [4.69, 9.17) is 10.2 Å². The Morgan fingerprint density at radius 1 is 0.920 bits per heavy atom. The maximum absolute atomic E-state index is 11.8. The Bertz CT molecular complexity index is 568. The molecule has 1 amide bonds. The van der Waals surface area contributed by atoms with Crippen molar-refractivity contribution >= 4 is 17.8 Å². The molecule has 0 rings (SSSR count). The first-order valence-corrected chi connectivity index (χ1v) is 8.33. The molecular weight excluding hydrogens is 322 g/mol. The highest BCUT2D eigenvalue weighted by atomic mass is 16.4. The molecule has 0 aromatic carbocycles. The summed E-state index contributed by atoms with van der Waals surface area (Å²) in [6, 6.07) is -1.42. The molecule has 0 aliphatic rings. The van der Waals surface area contributed by atoms with Crippen LogP contribution in [0.4, 0.5) is 0 Å². The summed E-state index contributed by atoms with van der Waals surface area (Å²) in [5, 5.41) is 19.7. The molecule has 0 fully saturated rings. The van der Waals surface area contributed by atoms with Crippen LogP contribution in [0.5, 0.6) is 0 Å². The van der Waals surface area contributed by atoms with Gasteiger partial charge < -0.3 is 15.5 Å². The van der Waals surface area contributed by atoms with Crippen molar-refractivity contribution in [1.82, 2.24) is 5.32 Å².